The Kier molecular flexibility index (Phi) is 5.17. The predicted octanol–water partition coefficient (Wildman–Crippen LogP) is 1.75. The SMILES string of the molecule is Cc1cc(C[C@@H]2COC[C@@H]2NC(=O)COCc2nc3ccccc3[nH]2)on1. The van der Waals surface area contributed by atoms with E-state index in [9.17, 15) is 4.79 Å². The Labute approximate surface area is 156 Å². The number of carbonyl (C=O) groups excluding carboxylic acids is 1. The fourth-order valence-electron chi connectivity index (χ4n) is 3.29. The van der Waals surface area contributed by atoms with E-state index in [2.05, 4.69) is 20.4 Å². The van der Waals surface area contributed by atoms with E-state index in [4.69, 9.17) is 14.0 Å². The molecule has 2 atom stereocenters. The van der Waals surface area contributed by atoms with Crippen LogP contribution in [0.25, 0.3) is 11.0 Å². The Morgan fingerprint density at radius 2 is 2.26 bits per heavy atom. The van der Waals surface area contributed by atoms with E-state index in [1.807, 2.05) is 37.3 Å². The third kappa shape index (κ3) is 4.35. The maximum atomic E-state index is 12.2. The highest BCUT2D eigenvalue weighted by Gasteiger charge is 2.30. The average molecular weight is 370 g/mol. The lowest BCUT2D eigenvalue weighted by Crippen LogP contribution is -2.42. The summed E-state index contributed by atoms with van der Waals surface area (Å²) in [4.78, 5) is 19.8. The largest absolute Gasteiger partial charge is 0.379 e. The first kappa shape index (κ1) is 17.7. The number of para-hydroxylation sites is 2. The molecular weight excluding hydrogens is 348 g/mol. The molecule has 0 saturated carbocycles. The fraction of sp³-hybridized carbons (Fsp3) is 0.421. The van der Waals surface area contributed by atoms with Crippen molar-refractivity contribution in [2.24, 2.45) is 5.92 Å². The van der Waals surface area contributed by atoms with Gasteiger partial charge in [-0.15, -0.1) is 0 Å². The topological polar surface area (TPSA) is 102 Å². The molecule has 2 aromatic heterocycles. The van der Waals surface area contributed by atoms with E-state index < -0.39 is 0 Å². The van der Waals surface area contributed by atoms with Gasteiger partial charge < -0.3 is 24.3 Å². The number of H-pyrrole nitrogens is 1. The summed E-state index contributed by atoms with van der Waals surface area (Å²) in [7, 11) is 0. The van der Waals surface area contributed by atoms with Crippen molar-refractivity contribution in [2.45, 2.75) is 26.0 Å². The molecule has 0 radical (unpaired) electrons. The number of nitrogens with zero attached hydrogens (tertiary/aromatic N) is 2. The Bertz CT molecular complexity index is 886. The number of carbonyl (C=O) groups is 1. The standard InChI is InChI=1S/C19H22N4O4/c1-12-6-14(27-23-12)7-13-8-25-9-17(13)22-19(24)11-26-10-18-20-15-4-2-3-5-16(15)21-18/h2-6,13,17H,7-11H2,1H3,(H,20,21)(H,22,24)/t13-,17+/m1/s1. The van der Waals surface area contributed by atoms with E-state index >= 15 is 0 Å². The van der Waals surface area contributed by atoms with Crippen molar-refractivity contribution < 1.29 is 18.8 Å². The molecule has 8 nitrogen and oxygen atoms in total. The molecule has 3 aromatic rings. The minimum absolute atomic E-state index is 0.0261. The molecule has 1 aromatic carbocycles. The Morgan fingerprint density at radius 3 is 3.07 bits per heavy atom. The highest BCUT2D eigenvalue weighted by atomic mass is 16.5. The van der Waals surface area contributed by atoms with Crippen molar-refractivity contribution in [3.8, 4) is 0 Å². The van der Waals surface area contributed by atoms with Gasteiger partial charge in [-0.2, -0.15) is 0 Å². The number of fused-ring (bicyclic) bond motifs is 1. The van der Waals surface area contributed by atoms with Crippen molar-refractivity contribution in [2.75, 3.05) is 19.8 Å². The molecule has 27 heavy (non-hydrogen) atoms. The Balaban J connectivity index is 1.24. The second-order valence-corrected chi connectivity index (χ2v) is 6.80. The molecule has 1 amide bonds. The summed E-state index contributed by atoms with van der Waals surface area (Å²) in [5.41, 5.74) is 2.69. The van der Waals surface area contributed by atoms with Crippen LogP contribution in [-0.4, -0.2) is 46.9 Å². The number of benzene rings is 1. The lowest BCUT2D eigenvalue weighted by molar-refractivity contribution is -0.127. The van der Waals surface area contributed by atoms with Gasteiger partial charge >= 0.3 is 0 Å². The van der Waals surface area contributed by atoms with Crippen LogP contribution in [0.1, 0.15) is 17.3 Å². The van der Waals surface area contributed by atoms with Gasteiger partial charge in [0.1, 0.15) is 24.8 Å². The Hall–Kier alpha value is -2.71. The van der Waals surface area contributed by atoms with Crippen molar-refractivity contribution >= 4 is 16.9 Å². The minimum Gasteiger partial charge on any atom is -0.379 e. The number of rotatable bonds is 7. The zero-order valence-corrected chi connectivity index (χ0v) is 15.1. The van der Waals surface area contributed by atoms with E-state index in [0.717, 1.165) is 22.5 Å². The molecular formula is C19H22N4O4. The molecule has 8 heteroatoms. The number of aryl methyl sites for hydroxylation is 1. The lowest BCUT2D eigenvalue weighted by Gasteiger charge is -2.17. The fourth-order valence-corrected chi connectivity index (χ4v) is 3.29. The van der Waals surface area contributed by atoms with Gasteiger partial charge in [-0.1, -0.05) is 17.3 Å². The number of aromatic amines is 1. The first-order chi connectivity index (χ1) is 13.2. The third-order valence-electron chi connectivity index (χ3n) is 4.60. The minimum atomic E-state index is -0.166. The molecule has 4 rings (SSSR count). The van der Waals surface area contributed by atoms with Gasteiger partial charge in [0.15, 0.2) is 0 Å². The van der Waals surface area contributed by atoms with Crippen LogP contribution in [0.2, 0.25) is 0 Å². The maximum Gasteiger partial charge on any atom is 0.246 e. The normalized spacial score (nSPS) is 19.6. The molecule has 0 aliphatic carbocycles. The molecule has 1 fully saturated rings. The second kappa shape index (κ2) is 7.89. The lowest BCUT2D eigenvalue weighted by atomic mass is 9.98. The van der Waals surface area contributed by atoms with Gasteiger partial charge in [-0.3, -0.25) is 4.79 Å². The number of amides is 1. The highest BCUT2D eigenvalue weighted by Crippen LogP contribution is 2.19. The zero-order chi connectivity index (χ0) is 18.6. The van der Waals surface area contributed by atoms with Crippen LogP contribution < -0.4 is 5.32 Å². The van der Waals surface area contributed by atoms with E-state index in [-0.39, 0.29) is 31.1 Å². The Morgan fingerprint density at radius 1 is 1.37 bits per heavy atom. The van der Waals surface area contributed by atoms with E-state index in [1.165, 1.54) is 0 Å². The van der Waals surface area contributed by atoms with Gasteiger partial charge in [-0.25, -0.2) is 4.98 Å². The maximum absolute atomic E-state index is 12.2. The molecule has 2 N–H and O–H groups in total. The van der Waals surface area contributed by atoms with Gasteiger partial charge in [0.25, 0.3) is 0 Å². The number of hydrogen-bond acceptors (Lipinski definition) is 6. The van der Waals surface area contributed by atoms with Gasteiger partial charge in [0.2, 0.25) is 5.91 Å². The molecule has 0 spiro atoms. The summed E-state index contributed by atoms with van der Waals surface area (Å²) >= 11 is 0. The number of ether oxygens (including phenoxy) is 2. The van der Waals surface area contributed by atoms with Crippen molar-refractivity contribution in [3.63, 3.8) is 0 Å². The molecule has 142 valence electrons. The van der Waals surface area contributed by atoms with Crippen molar-refractivity contribution in [3.05, 3.63) is 47.6 Å². The van der Waals surface area contributed by atoms with Crippen LogP contribution in [0.4, 0.5) is 0 Å². The van der Waals surface area contributed by atoms with Crippen LogP contribution in [0, 0.1) is 12.8 Å². The highest BCUT2D eigenvalue weighted by molar-refractivity contribution is 5.77. The van der Waals surface area contributed by atoms with Crippen molar-refractivity contribution in [1.29, 1.82) is 0 Å². The molecule has 3 heterocycles. The smallest absolute Gasteiger partial charge is 0.246 e. The zero-order valence-electron chi connectivity index (χ0n) is 15.1. The predicted molar refractivity (Wildman–Crippen MR) is 96.9 cm³/mol. The van der Waals surface area contributed by atoms with Crippen LogP contribution >= 0.6 is 0 Å². The summed E-state index contributed by atoms with van der Waals surface area (Å²) in [5.74, 6) is 1.51. The molecule has 0 bridgehead atoms. The van der Waals surface area contributed by atoms with Crippen LogP contribution in [-0.2, 0) is 27.3 Å². The van der Waals surface area contributed by atoms with Gasteiger partial charge in [0, 0.05) is 18.4 Å². The number of nitrogens with one attached hydrogen (secondary N) is 2. The number of hydrogen-bond donors (Lipinski definition) is 2. The molecule has 1 saturated heterocycles. The number of aromatic nitrogens is 3. The molecule has 1 aliphatic heterocycles. The van der Waals surface area contributed by atoms with Crippen LogP contribution in [0.3, 0.4) is 0 Å². The molecule has 1 aliphatic rings. The summed E-state index contributed by atoms with van der Waals surface area (Å²) < 4.78 is 16.3. The van der Waals surface area contributed by atoms with E-state index in [1.54, 1.807) is 0 Å². The third-order valence-corrected chi connectivity index (χ3v) is 4.60. The second-order valence-electron chi connectivity index (χ2n) is 6.80. The van der Waals surface area contributed by atoms with Crippen LogP contribution in [0.15, 0.2) is 34.9 Å². The monoisotopic (exact) mass is 370 g/mol. The van der Waals surface area contributed by atoms with E-state index in [0.29, 0.717) is 25.5 Å². The van der Waals surface area contributed by atoms with Gasteiger partial charge in [0.05, 0.1) is 36.0 Å². The average Bonchev–Trinajstić information content (AvgIpc) is 3.36. The van der Waals surface area contributed by atoms with Gasteiger partial charge in [-0.05, 0) is 19.1 Å². The summed E-state index contributed by atoms with van der Waals surface area (Å²) in [6.45, 7) is 3.19. The molecule has 0 unspecified atom stereocenters. The quantitative estimate of drug-likeness (QED) is 0.657. The summed E-state index contributed by atoms with van der Waals surface area (Å²) in [5, 5.41) is 6.88. The number of imidazole rings is 1. The first-order valence-electron chi connectivity index (χ1n) is 8.98. The first-order valence-corrected chi connectivity index (χ1v) is 8.98. The summed E-state index contributed by atoms with van der Waals surface area (Å²) in [6.07, 6.45) is 0.686. The van der Waals surface area contributed by atoms with Crippen LogP contribution in [0.5, 0.6) is 0 Å². The summed E-state index contributed by atoms with van der Waals surface area (Å²) in [6, 6.07) is 9.61. The van der Waals surface area contributed by atoms with Crippen molar-refractivity contribution in [1.82, 2.24) is 20.4 Å².